The summed E-state index contributed by atoms with van der Waals surface area (Å²) in [6.07, 6.45) is -0.131. The number of nitrogens with one attached hydrogen (secondary N) is 1. The predicted octanol–water partition coefficient (Wildman–Crippen LogP) is 12.9. The molecule has 0 saturated heterocycles. The first-order valence-electron chi connectivity index (χ1n) is 21.9. The third-order valence-corrected chi connectivity index (χ3v) is 14.5. The van der Waals surface area contributed by atoms with Gasteiger partial charge in [0.2, 0.25) is 0 Å². The van der Waals surface area contributed by atoms with E-state index >= 15 is 0 Å². The summed E-state index contributed by atoms with van der Waals surface area (Å²) < 4.78 is 140. The zero-order chi connectivity index (χ0) is 54.6. The second kappa shape index (κ2) is 22.0. The van der Waals surface area contributed by atoms with Crippen LogP contribution in [0.25, 0.3) is 10.8 Å². The van der Waals surface area contributed by atoms with Crippen LogP contribution in [-0.4, -0.2) is 69.3 Å². The summed E-state index contributed by atoms with van der Waals surface area (Å²) in [7, 11) is -19.1. The number of benzene rings is 7. The van der Waals surface area contributed by atoms with Gasteiger partial charge in [0.1, 0.15) is 32.6 Å². The van der Waals surface area contributed by atoms with Crippen molar-refractivity contribution in [2.75, 3.05) is 17.7 Å². The summed E-state index contributed by atoms with van der Waals surface area (Å²) in [6, 6.07) is 27.3. The lowest BCUT2D eigenvalue weighted by molar-refractivity contribution is 0.317. The SMILES string of the molecule is Cc1cc(N=Nc2cc(C)c(N=Nc3ccc(S(=O)(=O)O)cc3S(=O)(=O)O)cc2OCCCS(=O)(=O)O)c(C)cc1N=Nc1cc(C)c(N=Nc2c(S(=O)(=O)O)cc3cc(Nc4ccccc4)ccc3c2O)cc1C. The van der Waals surface area contributed by atoms with Crippen LogP contribution in [0.15, 0.2) is 165 Å². The van der Waals surface area contributed by atoms with Gasteiger partial charge in [-0.05, 0) is 159 Å². The van der Waals surface area contributed by atoms with Gasteiger partial charge in [0.15, 0.2) is 5.75 Å². The Balaban J connectivity index is 1.12. The smallest absolute Gasteiger partial charge is 0.296 e. The lowest BCUT2D eigenvalue weighted by atomic mass is 10.1. The summed E-state index contributed by atoms with van der Waals surface area (Å²) in [4.78, 5) is -2.42. The number of rotatable bonds is 18. The van der Waals surface area contributed by atoms with E-state index in [1.807, 2.05) is 30.3 Å². The van der Waals surface area contributed by atoms with E-state index in [0.717, 1.165) is 17.8 Å². The molecule has 27 heteroatoms. The molecule has 0 atom stereocenters. The summed E-state index contributed by atoms with van der Waals surface area (Å²) in [5, 5.41) is 49.1. The maximum absolute atomic E-state index is 12.6. The van der Waals surface area contributed by atoms with Gasteiger partial charge in [-0.1, -0.05) is 18.2 Å². The summed E-state index contributed by atoms with van der Waals surface area (Å²) in [5.74, 6) is -1.10. The molecule has 6 N–H and O–H groups in total. The number of ether oxygens (including phenoxy) is 1. The van der Waals surface area contributed by atoms with Crippen molar-refractivity contribution in [3.05, 3.63) is 137 Å². The third kappa shape index (κ3) is 13.9. The maximum atomic E-state index is 12.6. The zero-order valence-electron chi connectivity index (χ0n) is 40.1. The van der Waals surface area contributed by atoms with Gasteiger partial charge in [0, 0.05) is 22.8 Å². The number of hydrogen-bond acceptors (Lipinski definition) is 19. The fourth-order valence-corrected chi connectivity index (χ4v) is 9.54. The molecule has 0 saturated carbocycles. The number of fused-ring (bicyclic) bond motifs is 1. The van der Waals surface area contributed by atoms with Crippen molar-refractivity contribution < 1.29 is 61.7 Å². The van der Waals surface area contributed by atoms with Crippen molar-refractivity contribution in [3.63, 3.8) is 0 Å². The average molecular weight is 1100 g/mol. The Morgan fingerprint density at radius 3 is 1.45 bits per heavy atom. The Kier molecular flexibility index (Phi) is 16.1. The van der Waals surface area contributed by atoms with Crippen LogP contribution >= 0.6 is 0 Å². The van der Waals surface area contributed by atoms with Crippen LogP contribution in [0.1, 0.15) is 34.2 Å². The molecule has 0 amide bonds. The number of nitrogens with zero attached hydrogens (tertiary/aromatic N) is 8. The predicted molar refractivity (Wildman–Crippen MR) is 277 cm³/mol. The minimum absolute atomic E-state index is 0.0179. The van der Waals surface area contributed by atoms with E-state index in [-0.39, 0.29) is 35.5 Å². The molecule has 23 nitrogen and oxygen atoms in total. The molecule has 0 radical (unpaired) electrons. The molecule has 0 aromatic heterocycles. The topological polar surface area (TPSA) is 358 Å². The van der Waals surface area contributed by atoms with Gasteiger partial charge in [-0.3, -0.25) is 18.2 Å². The van der Waals surface area contributed by atoms with E-state index in [0.29, 0.717) is 67.7 Å². The number of aromatic hydroxyl groups is 1. The molecule has 0 bridgehead atoms. The highest BCUT2D eigenvalue weighted by Crippen LogP contribution is 2.44. The molecule has 0 unspecified atom stereocenters. The van der Waals surface area contributed by atoms with Gasteiger partial charge in [-0.25, -0.2) is 0 Å². The van der Waals surface area contributed by atoms with Crippen molar-refractivity contribution in [1.82, 2.24) is 0 Å². The molecule has 75 heavy (non-hydrogen) atoms. The molecule has 7 aromatic carbocycles. The molecule has 0 aliphatic carbocycles. The Labute approximate surface area is 430 Å². The minimum atomic E-state index is -5.06. The molecule has 0 fully saturated rings. The van der Waals surface area contributed by atoms with Crippen LogP contribution < -0.4 is 10.1 Å². The molecular formula is C48H45N9O14S4. The third-order valence-electron chi connectivity index (χ3n) is 11.1. The van der Waals surface area contributed by atoms with Crippen molar-refractivity contribution >= 4 is 108 Å². The molecule has 0 aliphatic rings. The quantitative estimate of drug-likeness (QED) is 0.0264. The fraction of sp³-hybridized carbons (Fsp3) is 0.167. The highest BCUT2D eigenvalue weighted by molar-refractivity contribution is 7.87. The summed E-state index contributed by atoms with van der Waals surface area (Å²) >= 11 is 0. The van der Waals surface area contributed by atoms with Crippen molar-refractivity contribution in [1.29, 1.82) is 0 Å². The van der Waals surface area contributed by atoms with E-state index in [4.69, 9.17) is 4.74 Å². The Bertz CT molecular complexity index is 4010. The van der Waals surface area contributed by atoms with E-state index in [1.165, 1.54) is 18.2 Å². The average Bonchev–Trinajstić information content (AvgIpc) is 3.32. The van der Waals surface area contributed by atoms with Gasteiger partial charge in [0.25, 0.3) is 40.5 Å². The lowest BCUT2D eigenvalue weighted by Gasteiger charge is -2.12. The van der Waals surface area contributed by atoms with Crippen LogP contribution in [-0.2, 0) is 40.5 Å². The fourth-order valence-electron chi connectivity index (χ4n) is 7.17. The zero-order valence-corrected chi connectivity index (χ0v) is 43.4. The number of anilines is 2. The van der Waals surface area contributed by atoms with Crippen molar-refractivity contribution in [2.24, 2.45) is 40.9 Å². The van der Waals surface area contributed by atoms with Crippen molar-refractivity contribution in [2.45, 2.75) is 55.7 Å². The second-order valence-corrected chi connectivity index (χ2v) is 22.6. The number of phenolic OH excluding ortho intramolecular Hbond substituents is 1. The van der Waals surface area contributed by atoms with Gasteiger partial charge in [0.05, 0.1) is 45.7 Å². The van der Waals surface area contributed by atoms with Crippen LogP contribution in [0, 0.1) is 34.6 Å². The van der Waals surface area contributed by atoms with Gasteiger partial charge in [-0.15, -0.1) is 15.3 Å². The normalized spacial score (nSPS) is 12.8. The maximum Gasteiger partial charge on any atom is 0.296 e. The molecule has 0 heterocycles. The first kappa shape index (κ1) is 55.0. The first-order chi connectivity index (χ1) is 35.1. The molecule has 0 spiro atoms. The molecule has 7 aromatic rings. The first-order valence-corrected chi connectivity index (χ1v) is 27.9. The molecule has 390 valence electrons. The van der Waals surface area contributed by atoms with Crippen LogP contribution in [0.2, 0.25) is 0 Å². The standard InChI is InChI=1S/C48H45N9O14S4/c1-27-19-40(53-56-43-22-31(5)42(26-44(43)71-16-9-17-72(59,60)61)54-50-37-15-13-35(73(62,63)64)25-45(37)74(65,66)67)28(2)18-38(27)51-52-39-20-30(4)41(21-29(39)3)55-57-47-46(75(68,69)70)24-32-23-34(12-14-36(32)48(47)58)49-33-10-7-6-8-11-33/h6-8,10-15,18-26,49,58H,9,16-17H2,1-5H3,(H,59,60,61)(H,62,63,64)(H,65,66,67)(H,68,69,70). The number of azo groups is 4. The highest BCUT2D eigenvalue weighted by Gasteiger charge is 2.24. The lowest BCUT2D eigenvalue weighted by Crippen LogP contribution is -2.08. The molecule has 7 rings (SSSR count). The van der Waals surface area contributed by atoms with E-state index in [2.05, 4.69) is 46.2 Å². The number of phenols is 1. The molecular weight excluding hydrogens is 1050 g/mol. The van der Waals surface area contributed by atoms with Gasteiger partial charge >= 0.3 is 0 Å². The molecule has 0 aliphatic heterocycles. The Morgan fingerprint density at radius 1 is 0.467 bits per heavy atom. The van der Waals surface area contributed by atoms with Crippen LogP contribution in [0.5, 0.6) is 11.5 Å². The minimum Gasteiger partial charge on any atom is -0.505 e. The number of para-hydroxylation sites is 1. The van der Waals surface area contributed by atoms with E-state index in [1.54, 1.807) is 77.1 Å². The van der Waals surface area contributed by atoms with Crippen LogP contribution in [0.3, 0.4) is 0 Å². The highest BCUT2D eigenvalue weighted by atomic mass is 32.2. The van der Waals surface area contributed by atoms with Crippen molar-refractivity contribution in [3.8, 4) is 11.5 Å². The second-order valence-electron chi connectivity index (χ2n) is 16.8. The van der Waals surface area contributed by atoms with Gasteiger partial charge in [-0.2, -0.15) is 59.2 Å². The van der Waals surface area contributed by atoms with Crippen LogP contribution in [0.4, 0.5) is 56.9 Å². The Morgan fingerprint density at radius 2 is 0.947 bits per heavy atom. The summed E-state index contributed by atoms with van der Waals surface area (Å²) in [6.45, 7) is 8.38. The number of hydrogen-bond donors (Lipinski definition) is 6. The Hall–Kier alpha value is -7.76. The monoisotopic (exact) mass is 1100 g/mol. The van der Waals surface area contributed by atoms with Gasteiger partial charge < -0.3 is 15.2 Å². The largest absolute Gasteiger partial charge is 0.505 e. The van der Waals surface area contributed by atoms with E-state index in [9.17, 15) is 57.0 Å². The van der Waals surface area contributed by atoms with E-state index < -0.39 is 78.0 Å². The summed E-state index contributed by atoms with van der Waals surface area (Å²) in [5.41, 5.74) is 5.22. The number of aryl methyl sites for hydroxylation is 5.